The molecule has 41 heavy (non-hydrogen) atoms. The van der Waals surface area contributed by atoms with Crippen molar-refractivity contribution in [2.75, 3.05) is 11.5 Å². The molecule has 0 aliphatic heterocycles. The molecule has 7 atom stereocenters. The lowest BCUT2D eigenvalue weighted by Crippen LogP contribution is -2.62. The number of carboxylic acid groups (broad SMARTS) is 1. The second-order valence-corrected chi connectivity index (χ2v) is 11.5. The number of thiol groups is 2. The number of nitrogens with one attached hydrogen (secondary N) is 5. The largest absolute Gasteiger partial charge is 0.480 e. The third kappa shape index (κ3) is 12.5. The van der Waals surface area contributed by atoms with Gasteiger partial charge < -0.3 is 42.5 Å². The molecule has 7 unspecified atom stereocenters. The van der Waals surface area contributed by atoms with E-state index in [1.165, 1.54) is 6.92 Å². The summed E-state index contributed by atoms with van der Waals surface area (Å²) in [6, 6.07) is -7.02. The van der Waals surface area contributed by atoms with Crippen LogP contribution in [-0.4, -0.2) is 99.6 Å². The van der Waals surface area contributed by atoms with Crippen molar-refractivity contribution in [3.63, 3.8) is 0 Å². The van der Waals surface area contributed by atoms with Gasteiger partial charge in [-0.1, -0.05) is 41.5 Å². The topological polar surface area (TPSA) is 229 Å². The summed E-state index contributed by atoms with van der Waals surface area (Å²) in [5.74, 6) is -6.30. The van der Waals surface area contributed by atoms with E-state index in [1.54, 1.807) is 41.5 Å². The molecule has 0 rings (SSSR count). The van der Waals surface area contributed by atoms with Crippen LogP contribution in [-0.2, 0) is 28.8 Å². The van der Waals surface area contributed by atoms with Crippen molar-refractivity contribution in [1.82, 2.24) is 26.6 Å². The van der Waals surface area contributed by atoms with Gasteiger partial charge in [0, 0.05) is 11.5 Å². The van der Waals surface area contributed by atoms with Crippen LogP contribution < -0.4 is 32.3 Å². The molecule has 0 aromatic carbocycles. The molecular formula is C25H46N6O8S2. The first kappa shape index (κ1) is 38.4. The Morgan fingerprint density at radius 3 is 1.20 bits per heavy atom. The van der Waals surface area contributed by atoms with Crippen molar-refractivity contribution >= 4 is 60.8 Å². The van der Waals surface area contributed by atoms with E-state index in [-0.39, 0.29) is 11.5 Å². The smallest absolute Gasteiger partial charge is 0.328 e. The van der Waals surface area contributed by atoms with E-state index in [1.807, 2.05) is 0 Å². The Labute approximate surface area is 251 Å². The number of aliphatic hydroxyl groups is 1. The predicted molar refractivity (Wildman–Crippen MR) is 159 cm³/mol. The third-order valence-corrected chi connectivity index (χ3v) is 6.89. The number of aliphatic hydroxyl groups excluding tert-OH is 1. The monoisotopic (exact) mass is 622 g/mol. The summed E-state index contributed by atoms with van der Waals surface area (Å²) in [7, 11) is 0. The summed E-state index contributed by atoms with van der Waals surface area (Å²) in [4.78, 5) is 75.7. The zero-order valence-corrected chi connectivity index (χ0v) is 26.3. The van der Waals surface area contributed by atoms with Crippen LogP contribution in [0.4, 0.5) is 0 Å². The molecule has 16 heteroatoms. The fourth-order valence-corrected chi connectivity index (χ4v) is 3.96. The highest BCUT2D eigenvalue weighted by Gasteiger charge is 2.36. The molecule has 0 saturated heterocycles. The normalized spacial score (nSPS) is 16.5. The fraction of sp³-hybridized carbons (Fsp3) is 0.760. The van der Waals surface area contributed by atoms with E-state index in [2.05, 4.69) is 51.8 Å². The Balaban J connectivity index is 5.73. The van der Waals surface area contributed by atoms with Crippen molar-refractivity contribution in [2.45, 2.75) is 90.8 Å². The summed E-state index contributed by atoms with van der Waals surface area (Å²) >= 11 is 8.06. The molecule has 0 aromatic rings. The van der Waals surface area contributed by atoms with Crippen LogP contribution in [0, 0.1) is 17.8 Å². The quantitative estimate of drug-likeness (QED) is 0.0810. The van der Waals surface area contributed by atoms with Crippen molar-refractivity contribution in [2.24, 2.45) is 23.5 Å². The number of aliphatic carboxylic acids is 1. The number of hydrogen-bond acceptors (Lipinski definition) is 10. The van der Waals surface area contributed by atoms with Gasteiger partial charge in [-0.2, -0.15) is 25.3 Å². The van der Waals surface area contributed by atoms with Crippen LogP contribution >= 0.6 is 25.3 Å². The molecule has 0 aromatic heterocycles. The molecule has 0 bridgehead atoms. The van der Waals surface area contributed by atoms with E-state index in [4.69, 9.17) is 5.73 Å². The number of carboxylic acids is 1. The van der Waals surface area contributed by atoms with E-state index < -0.39 is 95.6 Å². The minimum Gasteiger partial charge on any atom is -0.480 e. The van der Waals surface area contributed by atoms with Crippen molar-refractivity contribution in [3.05, 3.63) is 0 Å². The summed E-state index contributed by atoms with van der Waals surface area (Å²) in [6.45, 7) is 11.2. The van der Waals surface area contributed by atoms with Crippen LogP contribution in [0.5, 0.6) is 0 Å². The second kappa shape index (κ2) is 18.1. The van der Waals surface area contributed by atoms with Crippen LogP contribution in [0.1, 0.15) is 48.5 Å². The van der Waals surface area contributed by atoms with Gasteiger partial charge >= 0.3 is 5.97 Å². The molecule has 0 heterocycles. The lowest BCUT2D eigenvalue weighted by molar-refractivity contribution is -0.145. The molecule has 0 fully saturated rings. The Kier molecular flexibility index (Phi) is 16.9. The number of carbonyl (C=O) groups is 6. The lowest BCUT2D eigenvalue weighted by atomic mass is 9.97. The predicted octanol–water partition coefficient (Wildman–Crippen LogP) is -1.97. The van der Waals surface area contributed by atoms with Crippen molar-refractivity contribution in [1.29, 1.82) is 0 Å². The van der Waals surface area contributed by atoms with Crippen LogP contribution in [0.25, 0.3) is 0 Å². The first-order valence-corrected chi connectivity index (χ1v) is 14.6. The average Bonchev–Trinajstić information content (AvgIpc) is 2.88. The second-order valence-electron chi connectivity index (χ2n) is 10.8. The van der Waals surface area contributed by atoms with Gasteiger partial charge in [-0.25, -0.2) is 4.79 Å². The average molecular weight is 623 g/mol. The SMILES string of the molecule is CC(C)C(NC(=O)C(CS)NC(=O)C(N)CS)C(=O)NC(C(=O)NC(C(=O)NC(C(=O)O)C(C)O)C(C)C)C(C)C. The minimum atomic E-state index is -1.59. The van der Waals surface area contributed by atoms with Crippen molar-refractivity contribution in [3.8, 4) is 0 Å². The summed E-state index contributed by atoms with van der Waals surface area (Å²) < 4.78 is 0. The Hall–Kier alpha value is -2.56. The molecule has 0 saturated carbocycles. The standard InChI is InChI=1S/C25H46N6O8S2/c1-10(2)16(28-21(34)15(9-41)27-20(33)14(26)8-40)22(35)29-17(11(3)4)23(36)30-18(12(5)6)24(37)31-19(13(7)32)25(38)39/h10-19,32,40-41H,8-9,26H2,1-7H3,(H,27,33)(H,28,34)(H,29,35)(H,30,36)(H,31,37)(H,38,39). The highest BCUT2D eigenvalue weighted by Crippen LogP contribution is 2.10. The molecule has 5 amide bonds. The molecule has 14 nitrogen and oxygen atoms in total. The van der Waals surface area contributed by atoms with E-state index in [0.29, 0.717) is 0 Å². The molecule has 9 N–H and O–H groups in total. The van der Waals surface area contributed by atoms with Gasteiger partial charge in [-0.05, 0) is 24.7 Å². The zero-order valence-electron chi connectivity index (χ0n) is 24.5. The number of rotatable bonds is 17. The van der Waals surface area contributed by atoms with E-state index >= 15 is 0 Å². The maximum absolute atomic E-state index is 13.3. The van der Waals surface area contributed by atoms with Crippen LogP contribution in [0.2, 0.25) is 0 Å². The Bertz CT molecular complexity index is 934. The highest BCUT2D eigenvalue weighted by atomic mass is 32.1. The van der Waals surface area contributed by atoms with Crippen LogP contribution in [0.15, 0.2) is 0 Å². The molecule has 0 radical (unpaired) electrons. The van der Waals surface area contributed by atoms with E-state index in [0.717, 1.165) is 0 Å². The van der Waals surface area contributed by atoms with Gasteiger partial charge in [0.15, 0.2) is 6.04 Å². The number of nitrogens with two attached hydrogens (primary N) is 1. The van der Waals surface area contributed by atoms with Crippen molar-refractivity contribution < 1.29 is 39.0 Å². The molecular weight excluding hydrogens is 576 g/mol. The van der Waals surface area contributed by atoms with Gasteiger partial charge in [-0.3, -0.25) is 24.0 Å². The third-order valence-electron chi connectivity index (χ3n) is 6.14. The molecule has 0 aliphatic rings. The molecule has 0 aliphatic carbocycles. The summed E-state index contributed by atoms with van der Waals surface area (Å²) in [5, 5.41) is 31.4. The lowest BCUT2D eigenvalue weighted by Gasteiger charge is -2.30. The maximum atomic E-state index is 13.3. The summed E-state index contributed by atoms with van der Waals surface area (Å²) in [6.07, 6.45) is -1.39. The first-order valence-electron chi connectivity index (χ1n) is 13.3. The van der Waals surface area contributed by atoms with Gasteiger partial charge in [0.1, 0.15) is 24.2 Å². The first-order chi connectivity index (χ1) is 18.9. The molecule has 236 valence electrons. The zero-order chi connectivity index (χ0) is 32.2. The number of hydrogen-bond donors (Lipinski definition) is 10. The fourth-order valence-electron chi connectivity index (χ4n) is 3.53. The molecule has 0 spiro atoms. The highest BCUT2D eigenvalue weighted by molar-refractivity contribution is 7.80. The maximum Gasteiger partial charge on any atom is 0.328 e. The number of amides is 5. The number of carbonyl (C=O) groups excluding carboxylic acids is 5. The van der Waals surface area contributed by atoms with Gasteiger partial charge in [0.25, 0.3) is 0 Å². The Morgan fingerprint density at radius 2 is 0.927 bits per heavy atom. The van der Waals surface area contributed by atoms with Gasteiger partial charge in [0.2, 0.25) is 29.5 Å². The minimum absolute atomic E-state index is 0.0580. The van der Waals surface area contributed by atoms with Gasteiger partial charge in [0.05, 0.1) is 12.1 Å². The summed E-state index contributed by atoms with van der Waals surface area (Å²) in [5.41, 5.74) is 5.64. The van der Waals surface area contributed by atoms with Crippen LogP contribution in [0.3, 0.4) is 0 Å². The Morgan fingerprint density at radius 1 is 0.585 bits per heavy atom. The van der Waals surface area contributed by atoms with E-state index in [9.17, 15) is 39.0 Å². The van der Waals surface area contributed by atoms with Gasteiger partial charge in [-0.15, -0.1) is 0 Å².